The zero-order chi connectivity index (χ0) is 28.3. The first-order valence-electron chi connectivity index (χ1n) is 13.8. The molecule has 0 aromatic rings. The summed E-state index contributed by atoms with van der Waals surface area (Å²) in [7, 11) is 2.86. The van der Waals surface area contributed by atoms with Crippen LogP contribution in [0.1, 0.15) is 79.6 Å². The molecule has 0 unspecified atom stereocenters. The molecule has 0 bridgehead atoms. The van der Waals surface area contributed by atoms with Gasteiger partial charge in [0.25, 0.3) is 5.91 Å². The molecule has 4 aliphatic carbocycles. The summed E-state index contributed by atoms with van der Waals surface area (Å²) in [5.74, 6) is -1.96. The Labute approximate surface area is 223 Å². The minimum Gasteiger partial charge on any atom is -0.469 e. The first kappa shape index (κ1) is 27.4. The Morgan fingerprint density at radius 1 is 1.03 bits per heavy atom. The molecular weight excluding hydrogens is 495 g/mol. The molecule has 5 aliphatic rings. The second-order valence-electron chi connectivity index (χ2n) is 14.1. The number of ketones is 1. The van der Waals surface area contributed by atoms with E-state index >= 15 is 0 Å². The van der Waals surface area contributed by atoms with Crippen LogP contribution in [0.15, 0.2) is 23.3 Å². The van der Waals surface area contributed by atoms with Crippen molar-refractivity contribution in [2.24, 2.45) is 38.9 Å². The van der Waals surface area contributed by atoms with Gasteiger partial charge in [0.05, 0.1) is 12.5 Å². The highest BCUT2D eigenvalue weighted by atomic mass is 19.4. The number of ether oxygens (including phenoxy) is 1. The summed E-state index contributed by atoms with van der Waals surface area (Å²) in [4.78, 5) is 41.5. The minimum atomic E-state index is -4.78. The van der Waals surface area contributed by atoms with Crippen molar-refractivity contribution < 1.29 is 32.3 Å². The number of methoxy groups -OCH3 is 1. The quantitative estimate of drug-likeness (QED) is 0.385. The van der Waals surface area contributed by atoms with Crippen LogP contribution in [-0.2, 0) is 19.1 Å². The molecule has 5 nitrogen and oxygen atoms in total. The van der Waals surface area contributed by atoms with Gasteiger partial charge in [-0.3, -0.25) is 14.4 Å². The summed E-state index contributed by atoms with van der Waals surface area (Å²) in [6.07, 6.45) is 2.64. The first-order valence-corrected chi connectivity index (χ1v) is 13.8. The van der Waals surface area contributed by atoms with E-state index in [0.29, 0.717) is 37.7 Å². The number of fused-ring (bicyclic) bond motifs is 7. The lowest BCUT2D eigenvalue weighted by Gasteiger charge is -2.68. The fourth-order valence-corrected chi connectivity index (χ4v) is 9.60. The Kier molecular flexibility index (Phi) is 5.76. The molecule has 1 heterocycles. The van der Waals surface area contributed by atoms with Crippen LogP contribution in [-0.4, -0.2) is 48.9 Å². The average Bonchev–Trinajstić information content (AvgIpc) is 2.81. The monoisotopic (exact) mass is 535 g/mol. The van der Waals surface area contributed by atoms with E-state index in [1.54, 1.807) is 13.0 Å². The Bertz CT molecular complexity index is 1170. The van der Waals surface area contributed by atoms with E-state index in [9.17, 15) is 27.6 Å². The first-order chi connectivity index (χ1) is 17.4. The molecule has 0 aromatic heterocycles. The molecule has 210 valence electrons. The van der Waals surface area contributed by atoms with Gasteiger partial charge in [0, 0.05) is 24.4 Å². The lowest BCUT2D eigenvalue weighted by atomic mass is 9.35. The van der Waals surface area contributed by atoms with Crippen molar-refractivity contribution >= 4 is 17.7 Å². The molecule has 0 aromatic carbocycles. The van der Waals surface area contributed by atoms with Gasteiger partial charge in [0.2, 0.25) is 0 Å². The maximum atomic E-state index is 14.2. The normalized spacial score (nSPS) is 44.2. The van der Waals surface area contributed by atoms with E-state index in [1.165, 1.54) is 19.1 Å². The van der Waals surface area contributed by atoms with Gasteiger partial charge >= 0.3 is 12.1 Å². The second-order valence-corrected chi connectivity index (χ2v) is 14.1. The van der Waals surface area contributed by atoms with Crippen LogP contribution in [0.25, 0.3) is 0 Å². The van der Waals surface area contributed by atoms with Gasteiger partial charge in [-0.1, -0.05) is 40.7 Å². The van der Waals surface area contributed by atoms with Crippen molar-refractivity contribution in [2.45, 2.75) is 91.8 Å². The Morgan fingerprint density at radius 3 is 2.26 bits per heavy atom. The number of likely N-dealkylation sites (N-methyl/N-ethyl adjacent to an activating group) is 1. The summed E-state index contributed by atoms with van der Waals surface area (Å²) in [5, 5.41) is 0. The Balaban J connectivity index is 1.70. The molecule has 1 aliphatic heterocycles. The third-order valence-electron chi connectivity index (χ3n) is 11.9. The van der Waals surface area contributed by atoms with Crippen LogP contribution in [0.5, 0.6) is 0 Å². The highest BCUT2D eigenvalue weighted by molar-refractivity contribution is 5.98. The number of alkyl halides is 3. The van der Waals surface area contributed by atoms with E-state index in [-0.39, 0.29) is 23.1 Å². The Hall–Kier alpha value is -2.12. The van der Waals surface area contributed by atoms with Crippen molar-refractivity contribution in [3.8, 4) is 0 Å². The molecule has 0 radical (unpaired) electrons. The predicted molar refractivity (Wildman–Crippen MR) is 136 cm³/mol. The van der Waals surface area contributed by atoms with Gasteiger partial charge in [-0.25, -0.2) is 0 Å². The van der Waals surface area contributed by atoms with Crippen LogP contribution in [0.3, 0.4) is 0 Å². The number of carbonyl (C=O) groups excluding carboxylic acids is 3. The number of halogens is 3. The van der Waals surface area contributed by atoms with Crippen LogP contribution in [0.4, 0.5) is 13.2 Å². The van der Waals surface area contributed by atoms with Crippen LogP contribution < -0.4 is 0 Å². The standard InChI is InChI=1S/C30H40F3NO4/c1-25(2)10-12-29(24(37)38-7)13-11-28(5)22(17(29)15-25)19(35)14-20-26(3)16-18(30(31,32)33)23(36)34(6)21(26)8-9-27(20,28)4/h14,16-17,21-22H,8-13,15H2,1-7H3/t17-,21+,22-,26+,27+,28+,29-/m0/s1. The third-order valence-corrected chi connectivity index (χ3v) is 11.9. The molecule has 7 atom stereocenters. The van der Waals surface area contributed by atoms with Crippen molar-refractivity contribution in [1.29, 1.82) is 0 Å². The lowest BCUT2D eigenvalue weighted by Crippen LogP contribution is -2.67. The van der Waals surface area contributed by atoms with Crippen LogP contribution >= 0.6 is 0 Å². The van der Waals surface area contributed by atoms with E-state index in [2.05, 4.69) is 27.7 Å². The second kappa shape index (κ2) is 7.97. The molecule has 0 saturated heterocycles. The predicted octanol–water partition coefficient (Wildman–Crippen LogP) is 6.03. The fraction of sp³-hybridized carbons (Fsp3) is 0.767. The van der Waals surface area contributed by atoms with Crippen LogP contribution in [0, 0.1) is 38.9 Å². The molecule has 0 spiro atoms. The van der Waals surface area contributed by atoms with E-state index in [4.69, 9.17) is 4.74 Å². The highest BCUT2D eigenvalue weighted by Crippen LogP contribution is 2.73. The largest absolute Gasteiger partial charge is 0.469 e. The lowest BCUT2D eigenvalue weighted by molar-refractivity contribution is -0.190. The third kappa shape index (κ3) is 3.33. The average molecular weight is 536 g/mol. The van der Waals surface area contributed by atoms with Gasteiger partial charge in [-0.05, 0) is 78.8 Å². The van der Waals surface area contributed by atoms with Gasteiger partial charge in [-0.15, -0.1) is 0 Å². The maximum Gasteiger partial charge on any atom is 0.421 e. The topological polar surface area (TPSA) is 63.7 Å². The smallest absolute Gasteiger partial charge is 0.421 e. The number of esters is 1. The number of amides is 1. The van der Waals surface area contributed by atoms with E-state index in [1.807, 2.05) is 0 Å². The minimum absolute atomic E-state index is 0.0357. The molecule has 3 saturated carbocycles. The van der Waals surface area contributed by atoms with Crippen molar-refractivity contribution in [1.82, 2.24) is 4.90 Å². The summed E-state index contributed by atoms with van der Waals surface area (Å²) < 4.78 is 47.3. The SMILES string of the molecule is COC(=O)[C@]12CCC(C)(C)C[C@H]1[C@H]1C(=O)C=C3[C@@]4(C)C=C(C(F)(F)F)C(=O)N(C)[C@@H]4CC[C@@]3(C)[C@]1(C)CC2. The summed E-state index contributed by atoms with van der Waals surface area (Å²) in [5.41, 5.74) is -3.43. The van der Waals surface area contributed by atoms with Crippen molar-refractivity contribution in [3.05, 3.63) is 23.3 Å². The fourth-order valence-electron chi connectivity index (χ4n) is 9.60. The number of hydrogen-bond donors (Lipinski definition) is 0. The summed E-state index contributed by atoms with van der Waals surface area (Å²) >= 11 is 0. The number of allylic oxidation sites excluding steroid dienone is 1. The Morgan fingerprint density at radius 2 is 1.66 bits per heavy atom. The zero-order valence-electron chi connectivity index (χ0n) is 23.6. The molecule has 8 heteroatoms. The molecule has 3 fully saturated rings. The number of carbonyl (C=O) groups is 3. The van der Waals surface area contributed by atoms with Gasteiger partial charge in [-0.2, -0.15) is 13.2 Å². The molecule has 0 N–H and O–H groups in total. The van der Waals surface area contributed by atoms with Gasteiger partial charge in [0.1, 0.15) is 5.57 Å². The molecule has 38 heavy (non-hydrogen) atoms. The summed E-state index contributed by atoms with van der Waals surface area (Å²) in [6, 6.07) is -0.459. The van der Waals surface area contributed by atoms with Gasteiger partial charge < -0.3 is 9.64 Å². The maximum absolute atomic E-state index is 14.2. The van der Waals surface area contributed by atoms with Crippen LogP contribution in [0.2, 0.25) is 0 Å². The molecule has 1 amide bonds. The van der Waals surface area contributed by atoms with Crippen molar-refractivity contribution in [3.63, 3.8) is 0 Å². The van der Waals surface area contributed by atoms with E-state index in [0.717, 1.165) is 18.9 Å². The number of hydrogen-bond acceptors (Lipinski definition) is 4. The molecular formula is C30H40F3NO4. The molecule has 5 rings (SSSR count). The zero-order valence-corrected chi connectivity index (χ0v) is 23.6. The number of rotatable bonds is 1. The number of nitrogens with zero attached hydrogens (tertiary/aromatic N) is 1. The van der Waals surface area contributed by atoms with Gasteiger partial charge in [0.15, 0.2) is 5.78 Å². The van der Waals surface area contributed by atoms with E-state index < -0.39 is 51.3 Å². The van der Waals surface area contributed by atoms with Crippen molar-refractivity contribution in [2.75, 3.05) is 14.2 Å². The summed E-state index contributed by atoms with van der Waals surface area (Å²) in [6.45, 7) is 10.4. The highest BCUT2D eigenvalue weighted by Gasteiger charge is 2.70.